The minimum Gasteiger partial charge on any atom is -0.478 e. The summed E-state index contributed by atoms with van der Waals surface area (Å²) in [5.74, 6) is -0.524. The van der Waals surface area contributed by atoms with E-state index in [1.54, 1.807) is 17.8 Å². The molecule has 1 aromatic carbocycles. The fraction of sp³-hybridized carbons (Fsp3) is 0.417. The molecule has 1 aliphatic heterocycles. The van der Waals surface area contributed by atoms with E-state index in [4.69, 9.17) is 9.84 Å². The van der Waals surface area contributed by atoms with E-state index >= 15 is 0 Å². The molecular weight excluding hydrogens is 243 g/mol. The van der Waals surface area contributed by atoms with Crippen molar-refractivity contribution in [1.82, 2.24) is 0 Å². The molecule has 1 aromatic rings. The van der Waals surface area contributed by atoms with Crippen molar-refractivity contribution in [3.8, 4) is 0 Å². The minimum absolute atomic E-state index is 0.266. The SMILES string of the molecule is O=C(O)c1cc(SCC2CCOC2)ccc1F. The van der Waals surface area contributed by atoms with Crippen molar-refractivity contribution in [2.75, 3.05) is 19.0 Å². The Labute approximate surface area is 103 Å². The summed E-state index contributed by atoms with van der Waals surface area (Å²) in [6.45, 7) is 1.56. The van der Waals surface area contributed by atoms with E-state index in [0.717, 1.165) is 30.3 Å². The Kier molecular flexibility index (Phi) is 4.02. The van der Waals surface area contributed by atoms with Gasteiger partial charge in [0.15, 0.2) is 0 Å². The maximum absolute atomic E-state index is 13.2. The van der Waals surface area contributed by atoms with Gasteiger partial charge in [0.2, 0.25) is 0 Å². The maximum Gasteiger partial charge on any atom is 0.338 e. The molecule has 5 heteroatoms. The summed E-state index contributed by atoms with van der Waals surface area (Å²) in [5.41, 5.74) is -0.266. The van der Waals surface area contributed by atoms with E-state index in [9.17, 15) is 9.18 Å². The molecule has 1 aliphatic rings. The van der Waals surface area contributed by atoms with Gasteiger partial charge in [0.1, 0.15) is 5.82 Å². The van der Waals surface area contributed by atoms with Gasteiger partial charge in [-0.25, -0.2) is 9.18 Å². The molecule has 1 unspecified atom stereocenters. The first kappa shape index (κ1) is 12.4. The van der Waals surface area contributed by atoms with Crippen molar-refractivity contribution in [3.05, 3.63) is 29.6 Å². The second-order valence-corrected chi connectivity index (χ2v) is 5.08. The number of hydrogen-bond acceptors (Lipinski definition) is 3. The van der Waals surface area contributed by atoms with Gasteiger partial charge in [0, 0.05) is 17.3 Å². The molecule has 0 amide bonds. The molecule has 2 rings (SSSR count). The Hall–Kier alpha value is -1.07. The highest BCUT2D eigenvalue weighted by Crippen LogP contribution is 2.26. The van der Waals surface area contributed by atoms with Gasteiger partial charge in [-0.3, -0.25) is 0 Å². The molecular formula is C12H13FO3S. The number of carboxylic acid groups (broad SMARTS) is 1. The highest BCUT2D eigenvalue weighted by molar-refractivity contribution is 7.99. The fourth-order valence-electron chi connectivity index (χ4n) is 1.69. The first-order valence-electron chi connectivity index (χ1n) is 5.40. The van der Waals surface area contributed by atoms with Crippen molar-refractivity contribution < 1.29 is 19.0 Å². The lowest BCUT2D eigenvalue weighted by Crippen LogP contribution is -2.03. The average Bonchev–Trinajstić information content (AvgIpc) is 2.80. The number of ether oxygens (including phenoxy) is 1. The van der Waals surface area contributed by atoms with Crippen LogP contribution in [0.4, 0.5) is 4.39 Å². The van der Waals surface area contributed by atoms with Crippen molar-refractivity contribution in [2.45, 2.75) is 11.3 Å². The monoisotopic (exact) mass is 256 g/mol. The first-order chi connectivity index (χ1) is 8.16. The summed E-state index contributed by atoms with van der Waals surface area (Å²) in [5, 5.41) is 8.80. The third-order valence-corrected chi connectivity index (χ3v) is 3.90. The van der Waals surface area contributed by atoms with E-state index in [1.807, 2.05) is 0 Å². The summed E-state index contributed by atoms with van der Waals surface area (Å²) in [4.78, 5) is 11.6. The van der Waals surface area contributed by atoms with Crippen LogP contribution in [0.15, 0.2) is 23.1 Å². The second-order valence-electron chi connectivity index (χ2n) is 3.99. The van der Waals surface area contributed by atoms with Crippen LogP contribution in [0, 0.1) is 11.7 Å². The number of carboxylic acids is 1. The minimum atomic E-state index is -1.23. The van der Waals surface area contributed by atoms with Crippen LogP contribution < -0.4 is 0 Å². The van der Waals surface area contributed by atoms with Crippen LogP contribution in [0.25, 0.3) is 0 Å². The van der Waals surface area contributed by atoms with Crippen molar-refractivity contribution in [3.63, 3.8) is 0 Å². The zero-order valence-corrected chi connectivity index (χ0v) is 10.0. The summed E-state index contributed by atoms with van der Waals surface area (Å²) in [6.07, 6.45) is 1.04. The number of halogens is 1. The highest BCUT2D eigenvalue weighted by Gasteiger charge is 2.16. The smallest absolute Gasteiger partial charge is 0.338 e. The summed E-state index contributed by atoms with van der Waals surface area (Å²) in [6, 6.07) is 4.21. The number of carbonyl (C=O) groups is 1. The van der Waals surface area contributed by atoms with Crippen molar-refractivity contribution >= 4 is 17.7 Å². The van der Waals surface area contributed by atoms with E-state index in [0.29, 0.717) is 5.92 Å². The Balaban J connectivity index is 2.00. The third kappa shape index (κ3) is 3.20. The normalized spacial score (nSPS) is 19.5. The van der Waals surface area contributed by atoms with Gasteiger partial charge >= 0.3 is 5.97 Å². The van der Waals surface area contributed by atoms with Crippen molar-refractivity contribution in [1.29, 1.82) is 0 Å². The molecule has 3 nitrogen and oxygen atoms in total. The first-order valence-corrected chi connectivity index (χ1v) is 6.39. The molecule has 17 heavy (non-hydrogen) atoms. The number of rotatable bonds is 4. The lowest BCUT2D eigenvalue weighted by molar-refractivity contribution is 0.0691. The van der Waals surface area contributed by atoms with Crippen LogP contribution >= 0.6 is 11.8 Å². The number of hydrogen-bond donors (Lipinski definition) is 1. The summed E-state index contributed by atoms with van der Waals surface area (Å²) >= 11 is 1.55. The van der Waals surface area contributed by atoms with E-state index in [-0.39, 0.29) is 5.56 Å². The number of aromatic carboxylic acids is 1. The molecule has 0 spiro atoms. The third-order valence-electron chi connectivity index (χ3n) is 2.68. The molecule has 0 aliphatic carbocycles. The maximum atomic E-state index is 13.2. The number of thioether (sulfide) groups is 1. The largest absolute Gasteiger partial charge is 0.478 e. The summed E-state index contributed by atoms with van der Waals surface area (Å²) in [7, 11) is 0. The zero-order valence-electron chi connectivity index (χ0n) is 9.19. The number of benzene rings is 1. The molecule has 1 heterocycles. The topological polar surface area (TPSA) is 46.5 Å². The lowest BCUT2D eigenvalue weighted by atomic mass is 10.2. The molecule has 1 fully saturated rings. The Morgan fingerprint density at radius 1 is 1.59 bits per heavy atom. The quantitative estimate of drug-likeness (QED) is 0.841. The lowest BCUT2D eigenvalue weighted by Gasteiger charge is -2.07. The van der Waals surface area contributed by atoms with Gasteiger partial charge in [-0.15, -0.1) is 11.8 Å². The van der Waals surface area contributed by atoms with Gasteiger partial charge in [-0.1, -0.05) is 0 Å². The average molecular weight is 256 g/mol. The van der Waals surface area contributed by atoms with Gasteiger partial charge in [-0.05, 0) is 30.5 Å². The van der Waals surface area contributed by atoms with Crippen LogP contribution in [0.5, 0.6) is 0 Å². The molecule has 0 radical (unpaired) electrons. The Morgan fingerprint density at radius 3 is 3.06 bits per heavy atom. The van der Waals surface area contributed by atoms with Gasteiger partial charge in [0.05, 0.1) is 12.2 Å². The predicted molar refractivity (Wildman–Crippen MR) is 63.0 cm³/mol. The van der Waals surface area contributed by atoms with Crippen molar-refractivity contribution in [2.24, 2.45) is 5.92 Å². The van der Waals surface area contributed by atoms with E-state index < -0.39 is 11.8 Å². The van der Waals surface area contributed by atoms with Crippen LogP contribution in [0.2, 0.25) is 0 Å². The molecule has 0 aromatic heterocycles. The summed E-state index contributed by atoms with van der Waals surface area (Å²) < 4.78 is 18.4. The highest BCUT2D eigenvalue weighted by atomic mass is 32.2. The van der Waals surface area contributed by atoms with Crippen LogP contribution in [-0.2, 0) is 4.74 Å². The molecule has 0 bridgehead atoms. The van der Waals surface area contributed by atoms with Crippen LogP contribution in [-0.4, -0.2) is 30.0 Å². The van der Waals surface area contributed by atoms with Gasteiger partial charge < -0.3 is 9.84 Å². The van der Waals surface area contributed by atoms with E-state index in [1.165, 1.54) is 12.1 Å². The zero-order chi connectivity index (χ0) is 12.3. The van der Waals surface area contributed by atoms with Crippen LogP contribution in [0.1, 0.15) is 16.8 Å². The Morgan fingerprint density at radius 2 is 2.41 bits per heavy atom. The Bertz CT molecular complexity index is 416. The standard InChI is InChI=1S/C12H13FO3S/c13-11-2-1-9(5-10(11)12(14)15)17-7-8-3-4-16-6-8/h1-2,5,8H,3-4,6-7H2,(H,14,15). The molecule has 1 N–H and O–H groups in total. The molecule has 0 saturated carbocycles. The molecule has 1 atom stereocenters. The van der Waals surface area contributed by atoms with Crippen LogP contribution in [0.3, 0.4) is 0 Å². The molecule has 92 valence electrons. The molecule has 1 saturated heterocycles. The van der Waals surface area contributed by atoms with Gasteiger partial charge in [-0.2, -0.15) is 0 Å². The van der Waals surface area contributed by atoms with E-state index in [2.05, 4.69) is 0 Å². The predicted octanol–water partition coefficient (Wildman–Crippen LogP) is 2.65. The second kappa shape index (κ2) is 5.51. The van der Waals surface area contributed by atoms with Gasteiger partial charge in [0.25, 0.3) is 0 Å². The fourth-order valence-corrected chi connectivity index (χ4v) is 2.74.